The second-order valence-corrected chi connectivity index (χ2v) is 15.1. The fraction of sp³-hybridized carbons (Fsp3) is 0.0526. The third-order valence-corrected chi connectivity index (χ3v) is 11.7. The van der Waals surface area contributed by atoms with Crippen LogP contribution in [0.1, 0.15) is 12.5 Å². The molecule has 0 saturated carbocycles. The number of hydrogen-bond acceptors (Lipinski definition) is 1. The van der Waals surface area contributed by atoms with Gasteiger partial charge in [0.05, 0.1) is 11.0 Å². The molecule has 59 heavy (non-hydrogen) atoms. The molecule has 0 spiro atoms. The van der Waals surface area contributed by atoms with E-state index in [1.807, 2.05) is 0 Å². The monoisotopic (exact) mass is 756 g/mol. The van der Waals surface area contributed by atoms with Gasteiger partial charge in [0.15, 0.2) is 0 Å². The SMILES string of the molecule is CCN(Cc1c2ccccc2c(-c2ccccc2)c2ccccc12)c1ccc(-c2ccc3c(c2)c2ccccc2n3-c2ccccc2)cc1.c1ccc2ccccc2c1. The summed E-state index contributed by atoms with van der Waals surface area (Å²) in [5.74, 6) is 0. The Kier molecular flexibility index (Phi) is 9.66. The minimum Gasteiger partial charge on any atom is -0.367 e. The number of nitrogens with zero attached hydrogens (tertiary/aromatic N) is 2. The van der Waals surface area contributed by atoms with Crippen molar-refractivity contribution < 1.29 is 0 Å². The van der Waals surface area contributed by atoms with E-state index in [2.05, 4.69) is 241 Å². The van der Waals surface area contributed by atoms with Crippen molar-refractivity contribution in [1.29, 1.82) is 0 Å². The number of aromatic nitrogens is 1. The van der Waals surface area contributed by atoms with Gasteiger partial charge in [-0.05, 0) is 110 Å². The smallest absolute Gasteiger partial charge is 0.0541 e. The van der Waals surface area contributed by atoms with Crippen molar-refractivity contribution in [3.63, 3.8) is 0 Å². The predicted molar refractivity (Wildman–Crippen MR) is 254 cm³/mol. The number of anilines is 1. The van der Waals surface area contributed by atoms with Gasteiger partial charge in [0, 0.05) is 35.2 Å². The third kappa shape index (κ3) is 6.79. The van der Waals surface area contributed by atoms with Crippen LogP contribution in [0.5, 0.6) is 0 Å². The molecule has 0 saturated heterocycles. The zero-order chi connectivity index (χ0) is 39.5. The summed E-state index contributed by atoms with van der Waals surface area (Å²) in [7, 11) is 0. The average Bonchev–Trinajstić information content (AvgIpc) is 3.65. The van der Waals surface area contributed by atoms with Crippen LogP contribution in [0.4, 0.5) is 5.69 Å². The predicted octanol–water partition coefficient (Wildman–Crippen LogP) is 15.3. The van der Waals surface area contributed by atoms with Crippen molar-refractivity contribution >= 4 is 59.8 Å². The Hall–Kier alpha value is -7.42. The van der Waals surface area contributed by atoms with Gasteiger partial charge < -0.3 is 9.47 Å². The van der Waals surface area contributed by atoms with Gasteiger partial charge in [0.1, 0.15) is 0 Å². The van der Waals surface area contributed by atoms with Gasteiger partial charge in [-0.25, -0.2) is 0 Å². The number of rotatable bonds is 7. The minimum atomic E-state index is 0.830. The molecule has 0 aliphatic rings. The quantitative estimate of drug-likeness (QED) is 0.147. The van der Waals surface area contributed by atoms with E-state index in [1.54, 1.807) is 0 Å². The molecule has 0 bridgehead atoms. The molecule has 11 aromatic rings. The van der Waals surface area contributed by atoms with Gasteiger partial charge in [-0.15, -0.1) is 0 Å². The molecule has 0 aliphatic carbocycles. The first kappa shape index (κ1) is 36.0. The van der Waals surface area contributed by atoms with Crippen LogP contribution in [-0.4, -0.2) is 11.1 Å². The summed E-state index contributed by atoms with van der Waals surface area (Å²) in [6.07, 6.45) is 0. The highest BCUT2D eigenvalue weighted by Crippen LogP contribution is 2.41. The minimum absolute atomic E-state index is 0.830. The Morgan fingerprint density at radius 1 is 0.373 bits per heavy atom. The maximum Gasteiger partial charge on any atom is 0.0541 e. The largest absolute Gasteiger partial charge is 0.367 e. The first-order valence-corrected chi connectivity index (χ1v) is 20.6. The highest BCUT2D eigenvalue weighted by molar-refractivity contribution is 6.15. The van der Waals surface area contributed by atoms with Gasteiger partial charge in [-0.1, -0.05) is 182 Å². The molecule has 0 unspecified atom stereocenters. The van der Waals surface area contributed by atoms with Crippen LogP contribution in [-0.2, 0) is 6.54 Å². The van der Waals surface area contributed by atoms with Crippen LogP contribution >= 0.6 is 0 Å². The molecular weight excluding hydrogens is 713 g/mol. The number of fused-ring (bicyclic) bond motifs is 6. The van der Waals surface area contributed by atoms with Crippen molar-refractivity contribution in [3.8, 4) is 27.9 Å². The molecule has 10 aromatic carbocycles. The van der Waals surface area contributed by atoms with E-state index >= 15 is 0 Å². The average molecular weight is 757 g/mol. The molecule has 0 aliphatic heterocycles. The molecule has 282 valence electrons. The van der Waals surface area contributed by atoms with E-state index in [0.29, 0.717) is 0 Å². The van der Waals surface area contributed by atoms with Gasteiger partial charge in [-0.3, -0.25) is 0 Å². The van der Waals surface area contributed by atoms with E-state index < -0.39 is 0 Å². The molecule has 0 fully saturated rings. The summed E-state index contributed by atoms with van der Waals surface area (Å²) in [4.78, 5) is 2.50. The fourth-order valence-electron chi connectivity index (χ4n) is 8.89. The number of hydrogen-bond donors (Lipinski definition) is 0. The van der Waals surface area contributed by atoms with Crippen molar-refractivity contribution in [2.75, 3.05) is 11.4 Å². The van der Waals surface area contributed by atoms with Gasteiger partial charge in [0.2, 0.25) is 0 Å². The van der Waals surface area contributed by atoms with Crippen molar-refractivity contribution in [2.45, 2.75) is 13.5 Å². The molecule has 2 heteroatoms. The van der Waals surface area contributed by atoms with Gasteiger partial charge >= 0.3 is 0 Å². The molecule has 0 amide bonds. The number of para-hydroxylation sites is 2. The zero-order valence-corrected chi connectivity index (χ0v) is 33.2. The Balaban J connectivity index is 0.000000366. The van der Waals surface area contributed by atoms with Crippen LogP contribution in [0, 0.1) is 0 Å². The van der Waals surface area contributed by atoms with Crippen LogP contribution in [0.15, 0.2) is 224 Å². The van der Waals surface area contributed by atoms with E-state index in [0.717, 1.165) is 13.1 Å². The molecule has 0 radical (unpaired) electrons. The Morgan fingerprint density at radius 2 is 0.847 bits per heavy atom. The highest BCUT2D eigenvalue weighted by Gasteiger charge is 2.18. The third-order valence-electron chi connectivity index (χ3n) is 11.7. The molecule has 0 N–H and O–H groups in total. The molecular formula is C57H44N2. The lowest BCUT2D eigenvalue weighted by molar-refractivity contribution is 0.841. The molecule has 0 atom stereocenters. The topological polar surface area (TPSA) is 8.17 Å². The molecule has 1 heterocycles. The summed E-state index contributed by atoms with van der Waals surface area (Å²) in [5.41, 5.74) is 11.3. The fourth-order valence-corrected chi connectivity index (χ4v) is 8.89. The lowest BCUT2D eigenvalue weighted by atomic mass is 9.88. The van der Waals surface area contributed by atoms with Crippen LogP contribution in [0.25, 0.3) is 82.1 Å². The maximum atomic E-state index is 2.50. The summed E-state index contributed by atoms with van der Waals surface area (Å²) in [6.45, 7) is 4.00. The maximum absolute atomic E-state index is 2.50. The first-order chi connectivity index (χ1) is 29.2. The van der Waals surface area contributed by atoms with Crippen LogP contribution in [0.3, 0.4) is 0 Å². The van der Waals surface area contributed by atoms with E-state index in [9.17, 15) is 0 Å². The van der Waals surface area contributed by atoms with Crippen molar-refractivity contribution in [1.82, 2.24) is 4.57 Å². The second-order valence-electron chi connectivity index (χ2n) is 15.1. The number of benzene rings is 10. The summed E-state index contributed by atoms with van der Waals surface area (Å²) < 4.78 is 2.37. The van der Waals surface area contributed by atoms with Gasteiger partial charge in [0.25, 0.3) is 0 Å². The van der Waals surface area contributed by atoms with E-state index in [-0.39, 0.29) is 0 Å². The summed E-state index contributed by atoms with van der Waals surface area (Å²) in [5, 5.41) is 10.4. The zero-order valence-electron chi connectivity index (χ0n) is 33.2. The Morgan fingerprint density at radius 3 is 1.44 bits per heavy atom. The lowest BCUT2D eigenvalue weighted by Crippen LogP contribution is -2.22. The van der Waals surface area contributed by atoms with Crippen LogP contribution in [0.2, 0.25) is 0 Å². The summed E-state index contributed by atoms with van der Waals surface area (Å²) >= 11 is 0. The van der Waals surface area contributed by atoms with Crippen molar-refractivity contribution in [3.05, 3.63) is 230 Å². The second kappa shape index (κ2) is 15.8. The summed E-state index contributed by atoms with van der Waals surface area (Å²) in [6, 6.07) is 80.8. The Bertz CT molecular complexity index is 3090. The molecule has 11 rings (SSSR count). The van der Waals surface area contributed by atoms with E-state index in [4.69, 9.17) is 0 Å². The van der Waals surface area contributed by atoms with Gasteiger partial charge in [-0.2, -0.15) is 0 Å². The van der Waals surface area contributed by atoms with E-state index in [1.165, 1.54) is 93.3 Å². The normalized spacial score (nSPS) is 11.3. The standard InChI is InChI=1S/C47H36N2.C10H8/c1-2-48(32-44-38-19-9-11-22-41(38)47(34-15-5-3-6-16-34)42-23-12-10-20-39(42)44)36-28-25-33(26-29-36)35-27-30-46-43(31-35)40-21-13-14-24-45(40)49(46)37-17-7-4-8-18-37;1-2-6-10-8-4-3-7-9(10)5-1/h3-31H,2,32H2,1H3;1-8H. The van der Waals surface area contributed by atoms with Crippen LogP contribution < -0.4 is 4.90 Å². The van der Waals surface area contributed by atoms with Crippen molar-refractivity contribution in [2.24, 2.45) is 0 Å². The molecule has 2 nitrogen and oxygen atoms in total. The first-order valence-electron chi connectivity index (χ1n) is 20.6. The molecule has 1 aromatic heterocycles. The lowest BCUT2D eigenvalue weighted by Gasteiger charge is -2.26. The Labute approximate surface area is 345 Å². The highest BCUT2D eigenvalue weighted by atomic mass is 15.1.